The average molecular weight is 466 g/mol. The van der Waals surface area contributed by atoms with Gasteiger partial charge < -0.3 is 19.1 Å². The smallest absolute Gasteiger partial charge is 0.272 e. The molecule has 1 aromatic heterocycles. The molecule has 7 nitrogen and oxygen atoms in total. The molecule has 1 heterocycles. The number of rotatable bonds is 8. The van der Waals surface area contributed by atoms with Crippen LogP contribution >= 0.6 is 0 Å². The van der Waals surface area contributed by atoms with E-state index in [-0.39, 0.29) is 11.3 Å². The fourth-order valence-electron chi connectivity index (χ4n) is 3.77. The summed E-state index contributed by atoms with van der Waals surface area (Å²) in [6, 6.07) is 13.5. The number of nitrogens with zero attached hydrogens (tertiary/aromatic N) is 3. The number of ether oxygens (including phenoxy) is 3. The van der Waals surface area contributed by atoms with Crippen LogP contribution in [0, 0.1) is 6.92 Å². The maximum absolute atomic E-state index is 13.8. The Morgan fingerprint density at radius 1 is 0.941 bits per heavy atom. The van der Waals surface area contributed by atoms with Crippen molar-refractivity contribution in [3.8, 4) is 17.2 Å². The van der Waals surface area contributed by atoms with Crippen LogP contribution in [0.2, 0.25) is 0 Å². The Hall–Kier alpha value is -3.48. The molecule has 0 N–H and O–H groups in total. The summed E-state index contributed by atoms with van der Waals surface area (Å²) in [7, 11) is 6.70. The lowest BCUT2D eigenvalue weighted by atomic mass is 9.92. The molecule has 3 aromatic rings. The van der Waals surface area contributed by atoms with Crippen LogP contribution in [0.1, 0.15) is 53.6 Å². The predicted octanol–water partition coefficient (Wildman–Crippen LogP) is 4.89. The summed E-state index contributed by atoms with van der Waals surface area (Å²) in [5, 5.41) is 4.60. The largest absolute Gasteiger partial charge is 0.497 e. The zero-order chi connectivity index (χ0) is 25.0. The molecule has 0 fully saturated rings. The number of carbonyl (C=O) groups excluding carboxylic acids is 1. The van der Waals surface area contributed by atoms with Crippen LogP contribution in [0.5, 0.6) is 17.2 Å². The molecule has 182 valence electrons. The minimum absolute atomic E-state index is 0.108. The van der Waals surface area contributed by atoms with Crippen molar-refractivity contribution < 1.29 is 19.0 Å². The van der Waals surface area contributed by atoms with Gasteiger partial charge in [-0.15, -0.1) is 0 Å². The summed E-state index contributed by atoms with van der Waals surface area (Å²) < 4.78 is 18.1. The topological polar surface area (TPSA) is 65.8 Å². The van der Waals surface area contributed by atoms with Crippen LogP contribution in [0.25, 0.3) is 0 Å². The fourth-order valence-corrected chi connectivity index (χ4v) is 3.77. The Bertz CT molecular complexity index is 1160. The van der Waals surface area contributed by atoms with Gasteiger partial charge in [-0.25, -0.2) is 0 Å². The van der Waals surface area contributed by atoms with Crippen molar-refractivity contribution in [1.82, 2.24) is 14.7 Å². The third-order valence-electron chi connectivity index (χ3n) is 5.86. The fraction of sp³-hybridized carbons (Fsp3) is 0.407. The molecule has 0 radical (unpaired) electrons. The second kappa shape index (κ2) is 10.2. The monoisotopic (exact) mass is 465 g/mol. The number of hydrogen-bond acceptors (Lipinski definition) is 5. The molecule has 0 saturated carbocycles. The lowest BCUT2D eigenvalue weighted by Gasteiger charge is -2.24. The summed E-state index contributed by atoms with van der Waals surface area (Å²) in [6.45, 7) is 9.02. The van der Waals surface area contributed by atoms with Gasteiger partial charge >= 0.3 is 0 Å². The quantitative estimate of drug-likeness (QED) is 0.474. The molecule has 0 aliphatic carbocycles. The normalized spacial score (nSPS) is 11.3. The zero-order valence-electron chi connectivity index (χ0n) is 21.4. The molecule has 1 amide bonds. The van der Waals surface area contributed by atoms with Crippen molar-refractivity contribution in [3.05, 3.63) is 70.5 Å². The van der Waals surface area contributed by atoms with Crippen molar-refractivity contribution in [2.45, 2.75) is 46.2 Å². The number of hydrogen-bond donors (Lipinski definition) is 0. The van der Waals surface area contributed by atoms with Crippen molar-refractivity contribution in [1.29, 1.82) is 0 Å². The molecule has 0 unspecified atom stereocenters. The second-order valence-corrected chi connectivity index (χ2v) is 9.43. The zero-order valence-corrected chi connectivity index (χ0v) is 21.4. The highest BCUT2D eigenvalue weighted by molar-refractivity contribution is 5.92. The maximum Gasteiger partial charge on any atom is 0.272 e. The third kappa shape index (κ3) is 5.53. The van der Waals surface area contributed by atoms with Gasteiger partial charge in [0.15, 0.2) is 0 Å². The van der Waals surface area contributed by atoms with Gasteiger partial charge in [-0.05, 0) is 42.3 Å². The Morgan fingerprint density at radius 2 is 1.65 bits per heavy atom. The molecule has 3 rings (SSSR count). The maximum atomic E-state index is 13.8. The number of aromatic nitrogens is 2. The molecule has 0 aliphatic heterocycles. The lowest BCUT2D eigenvalue weighted by molar-refractivity contribution is 0.0717. The summed E-state index contributed by atoms with van der Waals surface area (Å²) in [4.78, 5) is 15.6. The van der Waals surface area contributed by atoms with E-state index in [1.807, 2.05) is 56.4 Å². The molecular weight excluding hydrogens is 430 g/mol. The summed E-state index contributed by atoms with van der Waals surface area (Å²) in [6.07, 6.45) is 0. The first-order chi connectivity index (χ1) is 16.1. The van der Waals surface area contributed by atoms with Crippen LogP contribution in [0.4, 0.5) is 0 Å². The lowest BCUT2D eigenvalue weighted by Crippen LogP contribution is -2.31. The molecule has 0 spiro atoms. The van der Waals surface area contributed by atoms with Gasteiger partial charge in [0.25, 0.3) is 5.91 Å². The second-order valence-electron chi connectivity index (χ2n) is 9.43. The summed E-state index contributed by atoms with van der Waals surface area (Å²) in [5.41, 5.74) is 4.15. The van der Waals surface area contributed by atoms with Crippen molar-refractivity contribution in [2.24, 2.45) is 7.05 Å². The number of benzene rings is 2. The Labute approximate surface area is 202 Å². The van der Waals surface area contributed by atoms with Crippen molar-refractivity contribution in [2.75, 3.05) is 21.3 Å². The van der Waals surface area contributed by atoms with Crippen LogP contribution in [0.15, 0.2) is 42.5 Å². The first-order valence-corrected chi connectivity index (χ1v) is 11.3. The van der Waals surface area contributed by atoms with Crippen molar-refractivity contribution in [3.63, 3.8) is 0 Å². The van der Waals surface area contributed by atoms with Gasteiger partial charge in [0.2, 0.25) is 0 Å². The average Bonchev–Trinajstić information content (AvgIpc) is 3.21. The van der Waals surface area contributed by atoms with E-state index in [2.05, 4.69) is 25.9 Å². The molecular formula is C27H35N3O4. The predicted molar refractivity (Wildman–Crippen MR) is 133 cm³/mol. The van der Waals surface area contributed by atoms with E-state index in [1.165, 1.54) is 0 Å². The van der Waals surface area contributed by atoms with E-state index < -0.39 is 0 Å². The number of carbonyl (C=O) groups is 1. The van der Waals surface area contributed by atoms with E-state index in [4.69, 9.17) is 14.2 Å². The van der Waals surface area contributed by atoms with Gasteiger partial charge in [-0.2, -0.15) is 5.10 Å². The SMILES string of the molecule is COc1ccc(CN(Cc2ccc(C)c(OC)c2)C(=O)c2cc(C(C)(C)C)nn2C)c(OC)c1. The van der Waals surface area contributed by atoms with E-state index in [1.54, 1.807) is 30.9 Å². The number of methoxy groups -OCH3 is 3. The number of amides is 1. The van der Waals surface area contributed by atoms with Crippen molar-refractivity contribution >= 4 is 5.91 Å². The third-order valence-corrected chi connectivity index (χ3v) is 5.86. The van der Waals surface area contributed by atoms with Gasteiger partial charge in [0.1, 0.15) is 22.9 Å². The van der Waals surface area contributed by atoms with E-state index in [9.17, 15) is 4.79 Å². The first-order valence-electron chi connectivity index (χ1n) is 11.3. The molecule has 7 heteroatoms. The van der Waals surface area contributed by atoms with Gasteiger partial charge in [-0.1, -0.05) is 32.9 Å². The molecule has 0 atom stereocenters. The highest BCUT2D eigenvalue weighted by Crippen LogP contribution is 2.28. The standard InChI is InChI=1S/C27H35N3O4/c1-18-9-10-19(13-23(18)33-7)16-30(17-20-11-12-21(32-6)14-24(20)34-8)26(31)22-15-25(27(2,3)4)28-29(22)5/h9-15H,16-17H2,1-8H3. The highest BCUT2D eigenvalue weighted by Gasteiger charge is 2.26. The van der Waals surface area contributed by atoms with Crippen LogP contribution < -0.4 is 14.2 Å². The molecule has 34 heavy (non-hydrogen) atoms. The van der Waals surface area contributed by atoms with Gasteiger partial charge in [0.05, 0.1) is 33.6 Å². The molecule has 2 aromatic carbocycles. The molecule has 0 aliphatic rings. The first kappa shape index (κ1) is 25.1. The van der Waals surface area contributed by atoms with Crippen LogP contribution in [-0.4, -0.2) is 41.9 Å². The minimum atomic E-state index is -0.162. The molecule has 0 saturated heterocycles. The van der Waals surface area contributed by atoms with Crippen LogP contribution in [0.3, 0.4) is 0 Å². The molecule has 0 bridgehead atoms. The Kier molecular flexibility index (Phi) is 7.54. The Morgan fingerprint density at radius 3 is 2.24 bits per heavy atom. The Balaban J connectivity index is 2.02. The summed E-state index contributed by atoms with van der Waals surface area (Å²) in [5.74, 6) is 2.05. The van der Waals surface area contributed by atoms with Gasteiger partial charge in [-0.3, -0.25) is 9.48 Å². The van der Waals surface area contributed by atoms with Crippen LogP contribution in [-0.2, 0) is 25.6 Å². The van der Waals surface area contributed by atoms with E-state index in [0.29, 0.717) is 30.3 Å². The van der Waals surface area contributed by atoms with Gasteiger partial charge in [0, 0.05) is 30.6 Å². The number of aryl methyl sites for hydroxylation is 2. The van der Waals surface area contributed by atoms with E-state index in [0.717, 1.165) is 28.1 Å². The summed E-state index contributed by atoms with van der Waals surface area (Å²) >= 11 is 0. The van der Waals surface area contributed by atoms with E-state index >= 15 is 0 Å². The highest BCUT2D eigenvalue weighted by atomic mass is 16.5. The minimum Gasteiger partial charge on any atom is -0.497 e.